The Labute approximate surface area is 122 Å². The predicted molar refractivity (Wildman–Crippen MR) is 77.1 cm³/mol. The van der Waals surface area contributed by atoms with Crippen molar-refractivity contribution < 1.29 is 9.47 Å². The highest BCUT2D eigenvalue weighted by Gasteiger charge is 2.22. The first-order chi connectivity index (χ1) is 9.08. The Balaban J connectivity index is 1.96. The van der Waals surface area contributed by atoms with Crippen molar-refractivity contribution in [2.45, 2.75) is 31.9 Å². The monoisotopic (exact) mass is 302 g/mol. The summed E-state index contributed by atoms with van der Waals surface area (Å²) in [5.74, 6) is 0.706. The topological polar surface area (TPSA) is 56.8 Å². The molecule has 0 saturated heterocycles. The summed E-state index contributed by atoms with van der Waals surface area (Å²) in [7, 11) is 0. The number of amidine groups is 1. The lowest BCUT2D eigenvalue weighted by atomic mass is 10.1. The fraction of sp³-hybridized carbons (Fsp3) is 0.462. The third-order valence-corrected chi connectivity index (χ3v) is 3.66. The molecule has 4 nitrogen and oxygen atoms in total. The lowest BCUT2D eigenvalue weighted by molar-refractivity contribution is 0.168. The molecule has 2 atom stereocenters. The van der Waals surface area contributed by atoms with Crippen LogP contribution in [0.4, 0.5) is 0 Å². The maximum absolute atomic E-state index is 5.96. The third kappa shape index (κ3) is 3.91. The summed E-state index contributed by atoms with van der Waals surface area (Å²) in [5.41, 5.74) is 5.49. The van der Waals surface area contributed by atoms with E-state index in [1.165, 1.54) is 0 Å². The average molecular weight is 303 g/mol. The van der Waals surface area contributed by atoms with E-state index in [1.807, 2.05) is 0 Å². The van der Waals surface area contributed by atoms with Crippen molar-refractivity contribution in [2.24, 2.45) is 10.7 Å². The molecule has 0 spiro atoms. The molecule has 0 unspecified atom stereocenters. The van der Waals surface area contributed by atoms with Crippen molar-refractivity contribution in [1.29, 1.82) is 0 Å². The Morgan fingerprint density at radius 2 is 2.26 bits per heavy atom. The minimum atomic E-state index is 0.0421. The van der Waals surface area contributed by atoms with Crippen LogP contribution in [0.2, 0.25) is 10.0 Å². The Hall–Kier alpha value is -1.13. The van der Waals surface area contributed by atoms with Gasteiger partial charge in [0, 0.05) is 12.5 Å². The van der Waals surface area contributed by atoms with Crippen LogP contribution in [0.25, 0.3) is 0 Å². The molecule has 1 heterocycles. The second-order valence-electron chi connectivity index (χ2n) is 4.39. The normalized spacial score (nSPS) is 19.7. The maximum atomic E-state index is 5.96. The molecule has 0 bridgehead atoms. The number of nitrogens with zero attached hydrogens (tertiary/aromatic N) is 1. The largest absolute Gasteiger partial charge is 0.490 e. The number of nitrogens with two attached hydrogens (primary N) is 1. The van der Waals surface area contributed by atoms with Crippen molar-refractivity contribution >= 4 is 29.2 Å². The average Bonchev–Trinajstić information content (AvgIpc) is 2.78. The predicted octanol–water partition coefficient (Wildman–Crippen LogP) is 3.25. The smallest absolute Gasteiger partial charge is 0.282 e. The van der Waals surface area contributed by atoms with Gasteiger partial charge in [-0.2, -0.15) is 0 Å². The van der Waals surface area contributed by atoms with Gasteiger partial charge in [-0.1, -0.05) is 30.1 Å². The van der Waals surface area contributed by atoms with E-state index in [9.17, 15) is 0 Å². The molecule has 0 amide bonds. The molecule has 0 saturated carbocycles. The van der Waals surface area contributed by atoms with E-state index in [1.54, 1.807) is 18.2 Å². The summed E-state index contributed by atoms with van der Waals surface area (Å²) < 4.78 is 11.0. The summed E-state index contributed by atoms with van der Waals surface area (Å²) >= 11 is 11.8. The van der Waals surface area contributed by atoms with Crippen LogP contribution in [0.3, 0.4) is 0 Å². The molecule has 6 heteroatoms. The van der Waals surface area contributed by atoms with E-state index in [4.69, 9.17) is 38.4 Å². The number of ether oxygens (including phenoxy) is 2. The van der Waals surface area contributed by atoms with Gasteiger partial charge in [-0.05, 0) is 18.6 Å². The number of benzene rings is 1. The van der Waals surface area contributed by atoms with Crippen LogP contribution in [0, 0.1) is 0 Å². The number of hydrogen-bond acceptors (Lipinski definition) is 4. The zero-order chi connectivity index (χ0) is 13.8. The molecule has 1 aromatic carbocycles. The van der Waals surface area contributed by atoms with Crippen molar-refractivity contribution in [3.63, 3.8) is 0 Å². The molecule has 2 N–H and O–H groups in total. The van der Waals surface area contributed by atoms with E-state index in [2.05, 4.69) is 11.9 Å². The van der Waals surface area contributed by atoms with E-state index < -0.39 is 0 Å². The van der Waals surface area contributed by atoms with Gasteiger partial charge >= 0.3 is 0 Å². The third-order valence-electron chi connectivity index (χ3n) is 2.92. The summed E-state index contributed by atoms with van der Waals surface area (Å²) in [4.78, 5) is 4.19. The fourth-order valence-electron chi connectivity index (χ4n) is 1.90. The molecular formula is C13H16Cl2N2O2. The first-order valence-electron chi connectivity index (χ1n) is 6.16. The number of hydrogen-bond donors (Lipinski definition) is 1. The van der Waals surface area contributed by atoms with Gasteiger partial charge in [-0.25, -0.2) is 4.99 Å². The maximum Gasteiger partial charge on any atom is 0.282 e. The molecule has 0 aliphatic carbocycles. The van der Waals surface area contributed by atoms with Crippen molar-refractivity contribution in [3.8, 4) is 5.75 Å². The Kier molecular flexibility index (Phi) is 4.77. The van der Waals surface area contributed by atoms with Gasteiger partial charge in [-0.15, -0.1) is 0 Å². The quantitative estimate of drug-likeness (QED) is 0.908. The fourth-order valence-corrected chi connectivity index (χ4v) is 2.19. The zero-order valence-corrected chi connectivity index (χ0v) is 12.1. The van der Waals surface area contributed by atoms with Gasteiger partial charge in [0.25, 0.3) is 6.02 Å². The van der Waals surface area contributed by atoms with Gasteiger partial charge < -0.3 is 15.2 Å². The van der Waals surface area contributed by atoms with Gasteiger partial charge in [0.05, 0.1) is 16.1 Å². The number of rotatable bonds is 5. The standard InChI is InChI=1S/C13H16Cl2N2O2/c1-2-9(5-8-7-18-13(16)17-8)19-10-3-4-11(14)12(15)6-10/h3-4,6,8-9H,2,5,7H2,1H3,(H2,16,17)/t8-,9-/m0/s1. The highest BCUT2D eigenvalue weighted by Crippen LogP contribution is 2.28. The molecule has 1 aromatic rings. The minimum Gasteiger partial charge on any atom is -0.490 e. The van der Waals surface area contributed by atoms with Crippen LogP contribution < -0.4 is 10.5 Å². The van der Waals surface area contributed by atoms with Crippen LogP contribution in [0.5, 0.6) is 5.75 Å². The Bertz CT molecular complexity index is 480. The summed E-state index contributed by atoms with van der Waals surface area (Å²) in [6.45, 7) is 2.58. The minimum absolute atomic E-state index is 0.0421. The van der Waals surface area contributed by atoms with Gasteiger partial charge in [0.2, 0.25) is 0 Å². The van der Waals surface area contributed by atoms with Crippen LogP contribution in [-0.4, -0.2) is 24.8 Å². The first kappa shape index (κ1) is 14.3. The Morgan fingerprint density at radius 3 is 2.84 bits per heavy atom. The number of aliphatic imine (C=N–C) groups is 1. The lowest BCUT2D eigenvalue weighted by Gasteiger charge is -2.19. The number of halogens is 2. The molecule has 104 valence electrons. The molecule has 1 aliphatic rings. The van der Waals surface area contributed by atoms with Gasteiger partial charge in [0.1, 0.15) is 18.5 Å². The van der Waals surface area contributed by atoms with E-state index in [0.29, 0.717) is 22.4 Å². The lowest BCUT2D eigenvalue weighted by Crippen LogP contribution is -2.22. The van der Waals surface area contributed by atoms with Crippen molar-refractivity contribution in [1.82, 2.24) is 0 Å². The SMILES string of the molecule is CC[C@@H](C[C@H]1COC(N)=N1)Oc1ccc(Cl)c(Cl)c1. The van der Waals surface area contributed by atoms with E-state index >= 15 is 0 Å². The second kappa shape index (κ2) is 6.35. The van der Waals surface area contributed by atoms with Crippen LogP contribution in [-0.2, 0) is 4.74 Å². The summed E-state index contributed by atoms with van der Waals surface area (Å²) in [6.07, 6.45) is 1.67. The van der Waals surface area contributed by atoms with E-state index in [0.717, 1.165) is 12.8 Å². The van der Waals surface area contributed by atoms with Crippen molar-refractivity contribution in [3.05, 3.63) is 28.2 Å². The highest BCUT2D eigenvalue weighted by atomic mass is 35.5. The van der Waals surface area contributed by atoms with Gasteiger partial charge in [0.15, 0.2) is 0 Å². The van der Waals surface area contributed by atoms with Crippen molar-refractivity contribution in [2.75, 3.05) is 6.61 Å². The molecule has 1 aliphatic heterocycles. The first-order valence-corrected chi connectivity index (χ1v) is 6.92. The summed E-state index contributed by atoms with van der Waals surface area (Å²) in [5, 5.41) is 1.00. The van der Waals surface area contributed by atoms with Gasteiger partial charge in [-0.3, -0.25) is 0 Å². The highest BCUT2D eigenvalue weighted by molar-refractivity contribution is 6.42. The molecule has 0 fully saturated rings. The zero-order valence-electron chi connectivity index (χ0n) is 10.6. The molecule has 19 heavy (non-hydrogen) atoms. The molecule has 0 radical (unpaired) electrons. The molecular weight excluding hydrogens is 287 g/mol. The molecule has 2 rings (SSSR count). The Morgan fingerprint density at radius 1 is 1.47 bits per heavy atom. The van der Waals surface area contributed by atoms with Crippen LogP contribution in [0.15, 0.2) is 23.2 Å². The summed E-state index contributed by atoms with van der Waals surface area (Å²) in [6, 6.07) is 5.57. The van der Waals surface area contributed by atoms with Crippen LogP contribution in [0.1, 0.15) is 19.8 Å². The van der Waals surface area contributed by atoms with E-state index in [-0.39, 0.29) is 18.2 Å². The molecule has 0 aromatic heterocycles. The second-order valence-corrected chi connectivity index (χ2v) is 5.21. The van der Waals surface area contributed by atoms with Crippen LogP contribution >= 0.6 is 23.2 Å².